The van der Waals surface area contributed by atoms with Crippen LogP contribution in [0.15, 0.2) is 12.1 Å². The van der Waals surface area contributed by atoms with Gasteiger partial charge in [-0.15, -0.1) is 0 Å². The fourth-order valence-electron chi connectivity index (χ4n) is 2.76. The Morgan fingerprint density at radius 3 is 1.96 bits per heavy atom. The van der Waals surface area contributed by atoms with Crippen LogP contribution in [0.5, 0.6) is 11.5 Å². The van der Waals surface area contributed by atoms with Gasteiger partial charge in [-0.3, -0.25) is 4.79 Å². The zero-order chi connectivity index (χ0) is 17.9. The number of aromatic hydroxyl groups is 2. The molecule has 0 aliphatic heterocycles. The molecule has 0 bridgehead atoms. The van der Waals surface area contributed by atoms with Crippen LogP contribution in [0, 0.1) is 0 Å². The molecule has 0 aromatic heterocycles. The summed E-state index contributed by atoms with van der Waals surface area (Å²) in [5, 5.41) is 28.2. The zero-order valence-electron chi connectivity index (χ0n) is 14.4. The van der Waals surface area contributed by atoms with Crippen molar-refractivity contribution in [3.8, 4) is 11.5 Å². The smallest absolute Gasteiger partial charge is 0.340 e. The highest BCUT2D eigenvalue weighted by atomic mass is 16.4. The molecule has 24 heavy (non-hydrogen) atoms. The highest BCUT2D eigenvalue weighted by molar-refractivity contribution is 6.07. The number of hydrogen-bond acceptors (Lipinski definition) is 4. The van der Waals surface area contributed by atoms with E-state index in [1.54, 1.807) is 0 Å². The predicted octanol–water partition coefficient (Wildman–Crippen LogP) is 4.90. The summed E-state index contributed by atoms with van der Waals surface area (Å²) in [6.07, 6.45) is 10.4. The molecule has 0 aliphatic carbocycles. The van der Waals surface area contributed by atoms with Crippen molar-refractivity contribution >= 4 is 11.8 Å². The van der Waals surface area contributed by atoms with Crippen LogP contribution in [-0.2, 0) is 0 Å². The second kappa shape index (κ2) is 10.7. The van der Waals surface area contributed by atoms with Crippen LogP contribution in [0.1, 0.15) is 91.8 Å². The molecular weight excluding hydrogens is 308 g/mol. The molecule has 0 heterocycles. The normalized spacial score (nSPS) is 10.7. The van der Waals surface area contributed by atoms with E-state index in [2.05, 4.69) is 6.92 Å². The SMILES string of the molecule is CCCCCCCCCCCC(=O)c1ccc(O)c(O)c1C(=O)O. The van der Waals surface area contributed by atoms with E-state index in [0.717, 1.165) is 25.3 Å². The Balaban J connectivity index is 2.39. The lowest BCUT2D eigenvalue weighted by atomic mass is 9.98. The van der Waals surface area contributed by atoms with E-state index in [0.29, 0.717) is 6.42 Å². The van der Waals surface area contributed by atoms with Crippen molar-refractivity contribution in [3.05, 3.63) is 23.3 Å². The third-order valence-corrected chi connectivity index (χ3v) is 4.18. The molecule has 134 valence electrons. The Bertz CT molecular complexity index is 551. The number of carbonyl (C=O) groups is 2. The molecule has 5 heteroatoms. The average molecular weight is 336 g/mol. The number of rotatable bonds is 12. The minimum atomic E-state index is -1.42. The van der Waals surface area contributed by atoms with E-state index in [4.69, 9.17) is 5.11 Å². The Labute approximate surface area is 143 Å². The minimum Gasteiger partial charge on any atom is -0.504 e. The van der Waals surface area contributed by atoms with E-state index in [1.807, 2.05) is 0 Å². The summed E-state index contributed by atoms with van der Waals surface area (Å²) in [5.41, 5.74) is -0.562. The lowest BCUT2D eigenvalue weighted by molar-refractivity contribution is 0.0687. The highest BCUT2D eigenvalue weighted by Gasteiger charge is 2.22. The standard InChI is InChI=1S/C19H28O5/c1-2-3-4-5-6-7-8-9-10-11-15(20)14-12-13-16(21)18(22)17(14)19(23)24/h12-13,21-22H,2-11H2,1H3,(H,23,24). The number of ketones is 1. The molecule has 0 saturated heterocycles. The molecule has 3 N–H and O–H groups in total. The third kappa shape index (κ3) is 6.22. The van der Waals surface area contributed by atoms with Crippen LogP contribution in [0.25, 0.3) is 0 Å². The van der Waals surface area contributed by atoms with Crippen LogP contribution < -0.4 is 0 Å². The second-order valence-corrected chi connectivity index (χ2v) is 6.16. The number of unbranched alkanes of at least 4 members (excludes halogenated alkanes) is 8. The van der Waals surface area contributed by atoms with Gasteiger partial charge in [0.2, 0.25) is 0 Å². The number of phenolic OH excluding ortho intramolecular Hbond substituents is 1. The van der Waals surface area contributed by atoms with Crippen LogP contribution >= 0.6 is 0 Å². The molecule has 0 fully saturated rings. The maximum Gasteiger partial charge on any atom is 0.340 e. The van der Waals surface area contributed by atoms with Gasteiger partial charge in [0.05, 0.1) is 0 Å². The summed E-state index contributed by atoms with van der Waals surface area (Å²) < 4.78 is 0. The average Bonchev–Trinajstić information content (AvgIpc) is 2.55. The Kier molecular flexibility index (Phi) is 8.90. The maximum absolute atomic E-state index is 12.2. The molecular formula is C19H28O5. The van der Waals surface area contributed by atoms with Crippen molar-refractivity contribution < 1.29 is 24.9 Å². The summed E-state index contributed by atoms with van der Waals surface area (Å²) >= 11 is 0. The quantitative estimate of drug-likeness (QED) is 0.287. The van der Waals surface area contributed by atoms with Crippen LogP contribution in [0.2, 0.25) is 0 Å². The van der Waals surface area contributed by atoms with Crippen molar-refractivity contribution in [2.45, 2.75) is 71.1 Å². The maximum atomic E-state index is 12.2. The molecule has 0 aliphatic rings. The first-order chi connectivity index (χ1) is 11.5. The number of aromatic carboxylic acids is 1. The van der Waals surface area contributed by atoms with E-state index in [9.17, 15) is 19.8 Å². The van der Waals surface area contributed by atoms with E-state index >= 15 is 0 Å². The lowest BCUT2D eigenvalue weighted by Crippen LogP contribution is -2.09. The first kappa shape index (κ1) is 20.0. The van der Waals surface area contributed by atoms with Crippen molar-refractivity contribution in [2.75, 3.05) is 0 Å². The molecule has 1 rings (SSSR count). The predicted molar refractivity (Wildman–Crippen MR) is 92.9 cm³/mol. The van der Waals surface area contributed by atoms with Gasteiger partial charge < -0.3 is 15.3 Å². The topological polar surface area (TPSA) is 94.8 Å². The molecule has 5 nitrogen and oxygen atoms in total. The summed E-state index contributed by atoms with van der Waals surface area (Å²) in [5.74, 6) is -3.02. The second-order valence-electron chi connectivity index (χ2n) is 6.16. The van der Waals surface area contributed by atoms with Crippen molar-refractivity contribution in [1.82, 2.24) is 0 Å². The Morgan fingerprint density at radius 1 is 0.875 bits per heavy atom. The van der Waals surface area contributed by atoms with Gasteiger partial charge in [-0.05, 0) is 18.6 Å². The van der Waals surface area contributed by atoms with Gasteiger partial charge in [-0.2, -0.15) is 0 Å². The number of phenols is 2. The van der Waals surface area contributed by atoms with Gasteiger partial charge in [-0.1, -0.05) is 58.3 Å². The summed E-state index contributed by atoms with van der Waals surface area (Å²) in [4.78, 5) is 23.4. The van der Waals surface area contributed by atoms with Gasteiger partial charge in [0.25, 0.3) is 0 Å². The van der Waals surface area contributed by atoms with Gasteiger partial charge in [0, 0.05) is 12.0 Å². The van der Waals surface area contributed by atoms with Gasteiger partial charge in [0.15, 0.2) is 17.3 Å². The molecule has 0 saturated carbocycles. The summed E-state index contributed by atoms with van der Waals surface area (Å²) in [6.45, 7) is 2.20. The molecule has 0 spiro atoms. The minimum absolute atomic E-state index is 0.0441. The Hall–Kier alpha value is -2.04. The molecule has 0 radical (unpaired) electrons. The number of carboxylic acid groups (broad SMARTS) is 1. The zero-order valence-corrected chi connectivity index (χ0v) is 14.4. The fourth-order valence-corrected chi connectivity index (χ4v) is 2.76. The third-order valence-electron chi connectivity index (χ3n) is 4.18. The molecule has 1 aromatic rings. The first-order valence-electron chi connectivity index (χ1n) is 8.80. The number of carboxylic acids is 1. The number of carbonyl (C=O) groups excluding carboxylic acids is 1. The largest absolute Gasteiger partial charge is 0.504 e. The number of Topliss-reactive ketones (excluding diaryl/α,β-unsaturated/α-hetero) is 1. The summed E-state index contributed by atoms with van der Waals surface area (Å²) in [7, 11) is 0. The van der Waals surface area contributed by atoms with Crippen LogP contribution in [0.4, 0.5) is 0 Å². The van der Waals surface area contributed by atoms with Gasteiger partial charge in [0.1, 0.15) is 5.56 Å². The van der Waals surface area contributed by atoms with Crippen molar-refractivity contribution in [2.24, 2.45) is 0 Å². The first-order valence-corrected chi connectivity index (χ1v) is 8.80. The van der Waals surface area contributed by atoms with E-state index < -0.39 is 23.0 Å². The lowest BCUT2D eigenvalue weighted by Gasteiger charge is -2.08. The van der Waals surface area contributed by atoms with Crippen LogP contribution in [-0.4, -0.2) is 27.1 Å². The molecule has 0 amide bonds. The molecule has 1 aromatic carbocycles. The summed E-state index contributed by atoms with van der Waals surface area (Å²) in [6, 6.07) is 2.40. The van der Waals surface area contributed by atoms with E-state index in [1.165, 1.54) is 38.2 Å². The van der Waals surface area contributed by atoms with Gasteiger partial charge >= 0.3 is 5.97 Å². The van der Waals surface area contributed by atoms with Crippen molar-refractivity contribution in [3.63, 3.8) is 0 Å². The number of benzene rings is 1. The Morgan fingerprint density at radius 2 is 1.42 bits per heavy atom. The van der Waals surface area contributed by atoms with Gasteiger partial charge in [-0.25, -0.2) is 4.79 Å². The molecule has 0 unspecified atom stereocenters. The molecule has 0 atom stereocenters. The fraction of sp³-hybridized carbons (Fsp3) is 0.579. The van der Waals surface area contributed by atoms with E-state index in [-0.39, 0.29) is 17.8 Å². The van der Waals surface area contributed by atoms with Crippen LogP contribution in [0.3, 0.4) is 0 Å². The monoisotopic (exact) mass is 336 g/mol. The van der Waals surface area contributed by atoms with Crippen molar-refractivity contribution in [1.29, 1.82) is 0 Å². The number of hydrogen-bond donors (Lipinski definition) is 3. The highest BCUT2D eigenvalue weighted by Crippen LogP contribution is 2.32.